The topological polar surface area (TPSA) is 126 Å². The lowest BCUT2D eigenvalue weighted by atomic mass is 10.1. The molecule has 2 aromatic carbocycles. The Bertz CT molecular complexity index is 1280. The van der Waals surface area contributed by atoms with Gasteiger partial charge in [0.25, 0.3) is 0 Å². The third-order valence-corrected chi connectivity index (χ3v) is 5.93. The van der Waals surface area contributed by atoms with Gasteiger partial charge in [-0.2, -0.15) is 5.26 Å². The summed E-state index contributed by atoms with van der Waals surface area (Å²) in [5, 5.41) is 12.8. The number of rotatable bonds is 8. The molecule has 10 heteroatoms. The highest BCUT2D eigenvalue weighted by molar-refractivity contribution is 7.88. The summed E-state index contributed by atoms with van der Waals surface area (Å²) in [6, 6.07) is 16.7. The number of nitrogens with zero attached hydrogens (tertiary/aromatic N) is 3. The lowest BCUT2D eigenvalue weighted by Crippen LogP contribution is -2.26. The van der Waals surface area contributed by atoms with E-state index in [9.17, 15) is 13.7 Å². The molecule has 2 heterocycles. The molecule has 34 heavy (non-hydrogen) atoms. The van der Waals surface area contributed by atoms with Gasteiger partial charge in [0, 0.05) is 36.8 Å². The molecule has 0 radical (unpaired) electrons. The van der Waals surface area contributed by atoms with Gasteiger partial charge in [-0.25, -0.2) is 23.1 Å². The first-order valence-electron chi connectivity index (χ1n) is 10.8. The Morgan fingerprint density at radius 1 is 1.15 bits per heavy atom. The Kier molecular flexibility index (Phi) is 7.37. The predicted molar refractivity (Wildman–Crippen MR) is 128 cm³/mol. The van der Waals surface area contributed by atoms with Crippen molar-refractivity contribution in [2.24, 2.45) is 0 Å². The van der Waals surface area contributed by atoms with E-state index in [-0.39, 0.29) is 12.6 Å². The number of hydrogen-bond acceptors (Lipinski definition) is 8. The molecule has 1 fully saturated rings. The molecule has 3 aromatic rings. The van der Waals surface area contributed by atoms with Crippen molar-refractivity contribution in [3.8, 4) is 23.1 Å². The van der Waals surface area contributed by atoms with Crippen LogP contribution in [0.5, 0.6) is 5.75 Å². The average Bonchev–Trinajstić information content (AvgIpc) is 2.84. The van der Waals surface area contributed by atoms with Gasteiger partial charge in [-0.15, -0.1) is 0 Å². The number of aromatic nitrogens is 2. The van der Waals surface area contributed by atoms with Crippen molar-refractivity contribution in [1.29, 1.82) is 5.26 Å². The van der Waals surface area contributed by atoms with E-state index in [0.29, 0.717) is 36.2 Å². The van der Waals surface area contributed by atoms with Crippen LogP contribution >= 0.6 is 0 Å². The summed E-state index contributed by atoms with van der Waals surface area (Å²) in [4.78, 5) is 8.84. The van der Waals surface area contributed by atoms with Crippen LogP contribution in [0.4, 0.5) is 11.6 Å². The molecule has 0 atom stereocenters. The second-order valence-electron chi connectivity index (χ2n) is 7.93. The molecular formula is C24H25N5O4S. The van der Waals surface area contributed by atoms with Crippen molar-refractivity contribution in [3.05, 3.63) is 65.9 Å². The minimum absolute atomic E-state index is 0.0510. The van der Waals surface area contributed by atoms with Crippen LogP contribution in [0, 0.1) is 11.3 Å². The zero-order valence-electron chi connectivity index (χ0n) is 18.7. The predicted octanol–water partition coefficient (Wildman–Crippen LogP) is 3.37. The molecule has 0 spiro atoms. The maximum Gasteiger partial charge on any atom is 0.227 e. The fourth-order valence-electron chi connectivity index (χ4n) is 3.48. The van der Waals surface area contributed by atoms with Crippen molar-refractivity contribution < 1.29 is 17.9 Å². The van der Waals surface area contributed by atoms with Crippen LogP contribution in [0.15, 0.2) is 54.7 Å². The van der Waals surface area contributed by atoms with E-state index in [2.05, 4.69) is 26.1 Å². The molecule has 1 saturated heterocycles. The number of hydrogen-bond donors (Lipinski definition) is 2. The average molecular weight is 480 g/mol. The van der Waals surface area contributed by atoms with Crippen LogP contribution in [0.1, 0.15) is 24.0 Å². The largest absolute Gasteiger partial charge is 0.489 e. The smallest absolute Gasteiger partial charge is 0.227 e. The standard InChI is InChI=1S/C24H25N5O4S/c1-34(30,31)27-16-17-2-5-20(6-3-17)28-24-26-11-8-22(29-24)18-4-7-23(19(14-18)15-25)33-21-9-12-32-13-10-21/h2-8,11,14,21,27H,9-10,12-13,16H2,1H3,(H,26,28,29). The number of nitriles is 1. The normalized spacial score (nSPS) is 14.4. The first-order valence-corrected chi connectivity index (χ1v) is 12.7. The molecule has 1 aromatic heterocycles. The molecule has 0 aliphatic carbocycles. The van der Waals surface area contributed by atoms with E-state index in [0.717, 1.165) is 35.9 Å². The van der Waals surface area contributed by atoms with Gasteiger partial charge in [0.1, 0.15) is 17.9 Å². The van der Waals surface area contributed by atoms with Crippen molar-refractivity contribution in [3.63, 3.8) is 0 Å². The molecule has 0 bridgehead atoms. The van der Waals surface area contributed by atoms with Crippen LogP contribution < -0.4 is 14.8 Å². The monoisotopic (exact) mass is 479 g/mol. The fraction of sp³-hybridized carbons (Fsp3) is 0.292. The molecular weight excluding hydrogens is 454 g/mol. The summed E-state index contributed by atoms with van der Waals surface area (Å²) in [6.45, 7) is 1.56. The maximum absolute atomic E-state index is 11.2. The van der Waals surface area contributed by atoms with Gasteiger partial charge >= 0.3 is 0 Å². The van der Waals surface area contributed by atoms with E-state index in [1.807, 2.05) is 36.4 Å². The number of sulfonamides is 1. The molecule has 1 aliphatic rings. The Hall–Kier alpha value is -3.52. The minimum Gasteiger partial charge on any atom is -0.489 e. The lowest BCUT2D eigenvalue weighted by molar-refractivity contribution is 0.0254. The second-order valence-corrected chi connectivity index (χ2v) is 9.77. The highest BCUT2D eigenvalue weighted by Gasteiger charge is 2.17. The number of ether oxygens (including phenoxy) is 2. The van der Waals surface area contributed by atoms with Crippen LogP contribution in [0.3, 0.4) is 0 Å². The van der Waals surface area contributed by atoms with Crippen LogP contribution in [0.25, 0.3) is 11.3 Å². The molecule has 0 saturated carbocycles. The summed E-state index contributed by atoms with van der Waals surface area (Å²) < 4.78 is 36.3. The molecule has 0 amide bonds. The first-order chi connectivity index (χ1) is 16.4. The molecule has 0 unspecified atom stereocenters. The molecule has 1 aliphatic heterocycles. The Morgan fingerprint density at radius 2 is 1.91 bits per heavy atom. The molecule has 9 nitrogen and oxygen atoms in total. The van der Waals surface area contributed by atoms with Crippen LogP contribution in [-0.4, -0.2) is 44.0 Å². The highest BCUT2D eigenvalue weighted by Crippen LogP contribution is 2.28. The molecule has 2 N–H and O–H groups in total. The third kappa shape index (κ3) is 6.51. The zero-order chi connectivity index (χ0) is 24.0. The van der Waals surface area contributed by atoms with Gasteiger partial charge in [-0.3, -0.25) is 0 Å². The third-order valence-electron chi connectivity index (χ3n) is 5.26. The Balaban J connectivity index is 1.46. The Morgan fingerprint density at radius 3 is 2.62 bits per heavy atom. The quantitative estimate of drug-likeness (QED) is 0.504. The summed E-state index contributed by atoms with van der Waals surface area (Å²) in [6.07, 6.45) is 4.44. The van der Waals surface area contributed by atoms with E-state index in [1.54, 1.807) is 18.3 Å². The number of nitrogens with one attached hydrogen (secondary N) is 2. The number of benzene rings is 2. The SMILES string of the molecule is CS(=O)(=O)NCc1ccc(Nc2nccc(-c3ccc(OC4CCOCC4)c(C#N)c3)n2)cc1. The Labute approximate surface area is 198 Å². The highest BCUT2D eigenvalue weighted by atomic mass is 32.2. The van der Waals surface area contributed by atoms with Crippen molar-refractivity contribution >= 4 is 21.7 Å². The molecule has 176 valence electrons. The van der Waals surface area contributed by atoms with Gasteiger partial charge in [0.2, 0.25) is 16.0 Å². The van der Waals surface area contributed by atoms with Crippen LogP contribution in [-0.2, 0) is 21.3 Å². The first kappa shape index (κ1) is 23.6. The summed E-state index contributed by atoms with van der Waals surface area (Å²) >= 11 is 0. The maximum atomic E-state index is 11.2. The number of anilines is 2. The van der Waals surface area contributed by atoms with Crippen molar-refractivity contribution in [2.45, 2.75) is 25.5 Å². The van der Waals surface area contributed by atoms with Crippen molar-refractivity contribution in [2.75, 3.05) is 24.8 Å². The lowest BCUT2D eigenvalue weighted by Gasteiger charge is -2.23. The van der Waals surface area contributed by atoms with Gasteiger partial charge < -0.3 is 14.8 Å². The molecule has 4 rings (SSSR count). The van der Waals surface area contributed by atoms with Gasteiger partial charge in [0.15, 0.2) is 0 Å². The van der Waals surface area contributed by atoms with Gasteiger partial charge in [0.05, 0.1) is 30.7 Å². The van der Waals surface area contributed by atoms with Gasteiger partial charge in [-0.1, -0.05) is 12.1 Å². The second kappa shape index (κ2) is 10.6. The summed E-state index contributed by atoms with van der Waals surface area (Å²) in [5.41, 5.74) is 3.50. The summed E-state index contributed by atoms with van der Waals surface area (Å²) in [7, 11) is -3.25. The van der Waals surface area contributed by atoms with E-state index in [1.165, 1.54) is 0 Å². The zero-order valence-corrected chi connectivity index (χ0v) is 19.5. The van der Waals surface area contributed by atoms with E-state index >= 15 is 0 Å². The van der Waals surface area contributed by atoms with E-state index < -0.39 is 10.0 Å². The van der Waals surface area contributed by atoms with Gasteiger partial charge in [-0.05, 0) is 42.0 Å². The van der Waals surface area contributed by atoms with Crippen molar-refractivity contribution in [1.82, 2.24) is 14.7 Å². The summed E-state index contributed by atoms with van der Waals surface area (Å²) in [5.74, 6) is 0.969. The van der Waals surface area contributed by atoms with E-state index in [4.69, 9.17) is 9.47 Å². The van der Waals surface area contributed by atoms with Crippen LogP contribution in [0.2, 0.25) is 0 Å². The minimum atomic E-state index is -3.25. The fourth-order valence-corrected chi connectivity index (χ4v) is 3.91.